The second kappa shape index (κ2) is 4.20. The number of aryl methyl sites for hydroxylation is 1. The molecule has 19 heavy (non-hydrogen) atoms. The van der Waals surface area contributed by atoms with Gasteiger partial charge in [0.1, 0.15) is 17.8 Å². The molecule has 100 valence electrons. The van der Waals surface area contributed by atoms with Crippen LogP contribution in [-0.2, 0) is 11.2 Å². The standard InChI is InChI=1S/C14H18N4O/c1-2-9-3-15-13-12(9)14(17-8-16-13)18-4-10-6-19-7-11(10)5-18/h3,8,10-11H,2,4-7H2,1H3,(H,15,16,17)/t10-,11+. The number of H-pyrrole nitrogens is 1. The van der Waals surface area contributed by atoms with Crippen LogP contribution in [0, 0.1) is 11.8 Å². The summed E-state index contributed by atoms with van der Waals surface area (Å²) >= 11 is 0. The smallest absolute Gasteiger partial charge is 0.143 e. The van der Waals surface area contributed by atoms with Crippen molar-refractivity contribution in [1.82, 2.24) is 15.0 Å². The SMILES string of the molecule is CCc1c[nH]c2ncnc(N3C[C@H]4COC[C@H]4C3)c12. The third-order valence-electron chi connectivity index (χ3n) is 4.45. The van der Waals surface area contributed by atoms with Crippen LogP contribution in [0.4, 0.5) is 5.82 Å². The number of aromatic nitrogens is 3. The zero-order valence-electron chi connectivity index (χ0n) is 11.1. The zero-order chi connectivity index (χ0) is 12.8. The Kier molecular flexibility index (Phi) is 2.48. The van der Waals surface area contributed by atoms with Gasteiger partial charge in [-0.15, -0.1) is 0 Å². The normalized spacial score (nSPS) is 26.3. The molecule has 2 aliphatic rings. The average Bonchev–Trinajstić information content (AvgIpc) is 3.11. The number of aromatic amines is 1. The summed E-state index contributed by atoms with van der Waals surface area (Å²) in [6, 6.07) is 0. The third-order valence-corrected chi connectivity index (χ3v) is 4.45. The van der Waals surface area contributed by atoms with E-state index in [4.69, 9.17) is 4.74 Å². The predicted octanol–water partition coefficient (Wildman–Crippen LogP) is 1.60. The maximum Gasteiger partial charge on any atom is 0.143 e. The lowest BCUT2D eigenvalue weighted by Crippen LogP contribution is -2.23. The monoisotopic (exact) mass is 258 g/mol. The minimum absolute atomic E-state index is 0.675. The van der Waals surface area contributed by atoms with E-state index in [0.717, 1.165) is 44.2 Å². The molecule has 0 radical (unpaired) electrons. The van der Waals surface area contributed by atoms with Crippen molar-refractivity contribution in [3.05, 3.63) is 18.1 Å². The lowest BCUT2D eigenvalue weighted by atomic mass is 10.0. The molecule has 2 saturated heterocycles. The van der Waals surface area contributed by atoms with Gasteiger partial charge in [-0.2, -0.15) is 0 Å². The molecule has 4 heterocycles. The second-order valence-electron chi connectivity index (χ2n) is 5.55. The number of ether oxygens (including phenoxy) is 1. The van der Waals surface area contributed by atoms with Gasteiger partial charge < -0.3 is 14.6 Å². The van der Waals surface area contributed by atoms with Crippen LogP contribution < -0.4 is 4.90 Å². The Morgan fingerprint density at radius 2 is 2.11 bits per heavy atom. The quantitative estimate of drug-likeness (QED) is 0.889. The summed E-state index contributed by atoms with van der Waals surface area (Å²) in [7, 11) is 0. The number of hydrogen-bond donors (Lipinski definition) is 1. The van der Waals surface area contributed by atoms with E-state index < -0.39 is 0 Å². The summed E-state index contributed by atoms with van der Waals surface area (Å²) in [4.78, 5) is 14.5. The minimum Gasteiger partial charge on any atom is -0.381 e. The molecule has 0 saturated carbocycles. The van der Waals surface area contributed by atoms with Crippen LogP contribution in [0.3, 0.4) is 0 Å². The molecule has 5 nitrogen and oxygen atoms in total. The van der Waals surface area contributed by atoms with Gasteiger partial charge in [-0.05, 0) is 12.0 Å². The Bertz CT molecular complexity index is 597. The number of nitrogens with one attached hydrogen (secondary N) is 1. The Hall–Kier alpha value is -1.62. The van der Waals surface area contributed by atoms with Crippen LogP contribution in [0.5, 0.6) is 0 Å². The Labute approximate surface area is 112 Å². The summed E-state index contributed by atoms with van der Waals surface area (Å²) in [6.45, 7) is 6.11. The van der Waals surface area contributed by atoms with Crippen molar-refractivity contribution in [2.24, 2.45) is 11.8 Å². The first kappa shape index (κ1) is 11.2. The topological polar surface area (TPSA) is 54.0 Å². The van der Waals surface area contributed by atoms with E-state index in [1.165, 1.54) is 10.9 Å². The first-order valence-corrected chi connectivity index (χ1v) is 7.00. The first-order valence-electron chi connectivity index (χ1n) is 7.00. The molecule has 5 heteroatoms. The lowest BCUT2D eigenvalue weighted by Gasteiger charge is -2.19. The van der Waals surface area contributed by atoms with Crippen LogP contribution in [0.15, 0.2) is 12.5 Å². The van der Waals surface area contributed by atoms with Crippen molar-refractivity contribution in [1.29, 1.82) is 0 Å². The molecule has 0 amide bonds. The summed E-state index contributed by atoms with van der Waals surface area (Å²) < 4.78 is 5.55. The van der Waals surface area contributed by atoms with Gasteiger partial charge in [0.25, 0.3) is 0 Å². The maximum atomic E-state index is 5.55. The predicted molar refractivity (Wildman–Crippen MR) is 73.3 cm³/mol. The molecule has 2 atom stereocenters. The van der Waals surface area contributed by atoms with E-state index in [2.05, 4.69) is 33.0 Å². The summed E-state index contributed by atoms with van der Waals surface area (Å²) in [5.74, 6) is 2.44. The summed E-state index contributed by atoms with van der Waals surface area (Å²) in [5, 5.41) is 1.20. The Morgan fingerprint density at radius 1 is 1.32 bits per heavy atom. The Morgan fingerprint density at radius 3 is 2.84 bits per heavy atom. The van der Waals surface area contributed by atoms with Gasteiger partial charge in [0.15, 0.2) is 0 Å². The largest absolute Gasteiger partial charge is 0.381 e. The molecular weight excluding hydrogens is 240 g/mol. The first-order chi connectivity index (χ1) is 9.36. The highest BCUT2D eigenvalue weighted by Crippen LogP contribution is 2.35. The van der Waals surface area contributed by atoms with Crippen LogP contribution in [0.2, 0.25) is 0 Å². The van der Waals surface area contributed by atoms with Crippen LogP contribution in [-0.4, -0.2) is 41.3 Å². The van der Waals surface area contributed by atoms with Crippen molar-refractivity contribution >= 4 is 16.9 Å². The van der Waals surface area contributed by atoms with Crippen molar-refractivity contribution in [2.45, 2.75) is 13.3 Å². The van der Waals surface area contributed by atoms with Gasteiger partial charge in [0.2, 0.25) is 0 Å². The van der Waals surface area contributed by atoms with Gasteiger partial charge in [0.05, 0.1) is 18.6 Å². The minimum atomic E-state index is 0.675. The fourth-order valence-electron chi connectivity index (χ4n) is 3.39. The molecule has 4 rings (SSSR count). The van der Waals surface area contributed by atoms with Gasteiger partial charge in [-0.25, -0.2) is 9.97 Å². The van der Waals surface area contributed by atoms with E-state index in [9.17, 15) is 0 Å². The van der Waals surface area contributed by atoms with E-state index in [1.807, 2.05) is 0 Å². The van der Waals surface area contributed by atoms with Crippen LogP contribution in [0.1, 0.15) is 12.5 Å². The van der Waals surface area contributed by atoms with Gasteiger partial charge >= 0.3 is 0 Å². The third kappa shape index (κ3) is 1.64. The molecule has 2 fully saturated rings. The van der Waals surface area contributed by atoms with Gasteiger partial charge in [-0.3, -0.25) is 0 Å². The van der Waals surface area contributed by atoms with Crippen molar-refractivity contribution in [3.8, 4) is 0 Å². The number of fused-ring (bicyclic) bond motifs is 2. The maximum absolute atomic E-state index is 5.55. The lowest BCUT2D eigenvalue weighted by molar-refractivity contribution is 0.177. The highest BCUT2D eigenvalue weighted by molar-refractivity contribution is 5.90. The Balaban J connectivity index is 1.76. The number of nitrogens with zero attached hydrogens (tertiary/aromatic N) is 3. The summed E-state index contributed by atoms with van der Waals surface area (Å²) in [6.07, 6.45) is 4.73. The van der Waals surface area contributed by atoms with E-state index >= 15 is 0 Å². The van der Waals surface area contributed by atoms with Gasteiger partial charge in [-0.1, -0.05) is 6.92 Å². The van der Waals surface area contributed by atoms with Gasteiger partial charge in [0, 0.05) is 31.1 Å². The van der Waals surface area contributed by atoms with E-state index in [-0.39, 0.29) is 0 Å². The van der Waals surface area contributed by atoms with Crippen molar-refractivity contribution in [2.75, 3.05) is 31.2 Å². The molecule has 0 spiro atoms. The number of anilines is 1. The molecule has 2 aliphatic heterocycles. The number of hydrogen-bond acceptors (Lipinski definition) is 4. The fourth-order valence-corrected chi connectivity index (χ4v) is 3.39. The fraction of sp³-hybridized carbons (Fsp3) is 0.571. The molecule has 0 aromatic carbocycles. The molecule has 0 aliphatic carbocycles. The van der Waals surface area contributed by atoms with E-state index in [0.29, 0.717) is 11.8 Å². The molecular formula is C14H18N4O. The van der Waals surface area contributed by atoms with Crippen molar-refractivity contribution in [3.63, 3.8) is 0 Å². The molecule has 2 aromatic heterocycles. The van der Waals surface area contributed by atoms with E-state index in [1.54, 1.807) is 6.33 Å². The highest BCUT2D eigenvalue weighted by atomic mass is 16.5. The van der Waals surface area contributed by atoms with Crippen LogP contribution in [0.25, 0.3) is 11.0 Å². The zero-order valence-corrected chi connectivity index (χ0v) is 11.1. The highest BCUT2D eigenvalue weighted by Gasteiger charge is 2.38. The number of rotatable bonds is 2. The molecule has 1 N–H and O–H groups in total. The average molecular weight is 258 g/mol. The molecule has 0 bridgehead atoms. The molecule has 2 aromatic rings. The van der Waals surface area contributed by atoms with Crippen LogP contribution >= 0.6 is 0 Å². The van der Waals surface area contributed by atoms with Crippen molar-refractivity contribution < 1.29 is 4.74 Å². The second-order valence-corrected chi connectivity index (χ2v) is 5.55. The molecule has 0 unspecified atom stereocenters. The summed E-state index contributed by atoms with van der Waals surface area (Å²) in [5.41, 5.74) is 2.26.